The molecule has 2 heterocycles. The molecule has 0 saturated carbocycles. The van der Waals surface area contributed by atoms with Gasteiger partial charge in [-0.3, -0.25) is 0 Å². The highest BCUT2D eigenvalue weighted by Gasteiger charge is 1.99. The van der Waals surface area contributed by atoms with Crippen molar-refractivity contribution >= 4 is 11.5 Å². The van der Waals surface area contributed by atoms with Gasteiger partial charge in [-0.2, -0.15) is 4.37 Å². The number of rotatable bonds is 1. The highest BCUT2D eigenvalue weighted by Crippen LogP contribution is 2.16. The fourth-order valence-electron chi connectivity index (χ4n) is 0.693. The Hall–Kier alpha value is -1.16. The first-order valence-corrected chi connectivity index (χ1v) is 3.60. The summed E-state index contributed by atoms with van der Waals surface area (Å²) in [4.78, 5) is 0. The predicted octanol–water partition coefficient (Wildman–Crippen LogP) is 1.80. The minimum absolute atomic E-state index is 0.922. The van der Waals surface area contributed by atoms with Gasteiger partial charge in [-0.1, -0.05) is 5.16 Å². The molecule has 0 fully saturated rings. The number of aromatic nitrogens is 2. The molecule has 4 heteroatoms. The number of hydrogen-bond acceptors (Lipinski definition) is 4. The second-order valence-electron chi connectivity index (χ2n) is 1.80. The quantitative estimate of drug-likeness (QED) is 0.625. The lowest BCUT2D eigenvalue weighted by Gasteiger charge is -1.80. The molecule has 2 rings (SSSR count). The Kier molecular flexibility index (Phi) is 1.25. The van der Waals surface area contributed by atoms with Crippen molar-refractivity contribution in [1.29, 1.82) is 0 Å². The molecule has 0 aliphatic heterocycles. The van der Waals surface area contributed by atoms with Gasteiger partial charge in [0, 0.05) is 5.38 Å². The number of nitrogens with zero attached hydrogens (tertiary/aromatic N) is 2. The molecule has 0 aliphatic rings. The van der Waals surface area contributed by atoms with Gasteiger partial charge >= 0.3 is 0 Å². The van der Waals surface area contributed by atoms with Gasteiger partial charge < -0.3 is 4.52 Å². The number of hydrogen-bond donors (Lipinski definition) is 0. The molecule has 0 bridgehead atoms. The zero-order chi connectivity index (χ0) is 6.81. The van der Waals surface area contributed by atoms with Crippen LogP contribution < -0.4 is 0 Å². The average molecular weight is 152 g/mol. The van der Waals surface area contributed by atoms with Crippen LogP contribution in [0.25, 0.3) is 11.3 Å². The van der Waals surface area contributed by atoms with E-state index in [1.54, 1.807) is 12.5 Å². The summed E-state index contributed by atoms with van der Waals surface area (Å²) in [6, 6.07) is 1.93. The van der Waals surface area contributed by atoms with E-state index in [1.165, 1.54) is 11.5 Å². The Morgan fingerprint density at radius 3 is 3.10 bits per heavy atom. The van der Waals surface area contributed by atoms with E-state index in [-0.39, 0.29) is 0 Å². The average Bonchev–Trinajstić information content (AvgIpc) is 2.59. The Morgan fingerprint density at radius 1 is 1.50 bits per heavy atom. The van der Waals surface area contributed by atoms with Crippen LogP contribution in [0.1, 0.15) is 0 Å². The predicted molar refractivity (Wildman–Crippen MR) is 37.6 cm³/mol. The fourth-order valence-corrected chi connectivity index (χ4v) is 1.22. The van der Waals surface area contributed by atoms with Gasteiger partial charge in [-0.05, 0) is 17.6 Å². The molecular formula is C6H4N2OS. The van der Waals surface area contributed by atoms with Crippen molar-refractivity contribution in [2.45, 2.75) is 0 Å². The molecule has 3 nitrogen and oxygen atoms in total. The molecule has 50 valence electrons. The molecule has 2 aromatic heterocycles. The van der Waals surface area contributed by atoms with Gasteiger partial charge in [0.2, 0.25) is 0 Å². The smallest absolute Gasteiger partial charge is 0.133 e. The van der Waals surface area contributed by atoms with E-state index in [2.05, 4.69) is 14.1 Å². The summed E-state index contributed by atoms with van der Waals surface area (Å²) in [7, 11) is 0. The van der Waals surface area contributed by atoms with Gasteiger partial charge in [0.05, 0.1) is 17.5 Å². The summed E-state index contributed by atoms with van der Waals surface area (Å²) in [6.45, 7) is 0. The van der Waals surface area contributed by atoms with Gasteiger partial charge in [0.15, 0.2) is 0 Å². The van der Waals surface area contributed by atoms with Crippen molar-refractivity contribution in [3.63, 3.8) is 0 Å². The van der Waals surface area contributed by atoms with E-state index in [0.29, 0.717) is 0 Å². The maximum atomic E-state index is 4.65. The van der Waals surface area contributed by atoms with Crippen LogP contribution in [0.2, 0.25) is 0 Å². The summed E-state index contributed by atoms with van der Waals surface area (Å²) >= 11 is 1.42. The topological polar surface area (TPSA) is 38.9 Å². The monoisotopic (exact) mass is 152 g/mol. The van der Waals surface area contributed by atoms with Crippen LogP contribution in [-0.2, 0) is 0 Å². The molecule has 0 amide bonds. The SMILES string of the molecule is c1cc(-c2cnoc2)ns1. The third-order valence-electron chi connectivity index (χ3n) is 1.17. The van der Waals surface area contributed by atoms with Gasteiger partial charge in [-0.25, -0.2) is 0 Å². The van der Waals surface area contributed by atoms with E-state index < -0.39 is 0 Å². The van der Waals surface area contributed by atoms with Gasteiger partial charge in [0.25, 0.3) is 0 Å². The molecule has 0 spiro atoms. The second-order valence-corrected chi connectivity index (χ2v) is 2.46. The maximum Gasteiger partial charge on any atom is 0.133 e. The highest BCUT2D eigenvalue weighted by molar-refractivity contribution is 7.03. The van der Waals surface area contributed by atoms with Gasteiger partial charge in [-0.15, -0.1) is 0 Å². The van der Waals surface area contributed by atoms with E-state index in [4.69, 9.17) is 0 Å². The fraction of sp³-hybridized carbons (Fsp3) is 0. The lowest BCUT2D eigenvalue weighted by molar-refractivity contribution is 0.420. The molecular weight excluding hydrogens is 148 g/mol. The molecule has 0 radical (unpaired) electrons. The van der Waals surface area contributed by atoms with Crippen LogP contribution in [-0.4, -0.2) is 9.53 Å². The standard InChI is InChI=1S/C6H4N2OS/c1-2-10-8-6(1)5-3-7-9-4-5/h1-4H. The first kappa shape index (κ1) is 5.61. The van der Waals surface area contributed by atoms with Crippen LogP contribution in [0.5, 0.6) is 0 Å². The summed E-state index contributed by atoms with van der Waals surface area (Å²) in [5.41, 5.74) is 1.85. The van der Waals surface area contributed by atoms with Crippen LogP contribution in [0, 0.1) is 0 Å². The zero-order valence-electron chi connectivity index (χ0n) is 5.02. The molecule has 10 heavy (non-hydrogen) atoms. The highest BCUT2D eigenvalue weighted by atomic mass is 32.1. The summed E-state index contributed by atoms with van der Waals surface area (Å²) in [6.07, 6.45) is 3.23. The largest absolute Gasteiger partial charge is 0.364 e. The summed E-state index contributed by atoms with van der Waals surface area (Å²) in [5.74, 6) is 0. The molecule has 0 saturated heterocycles. The molecule has 0 aromatic carbocycles. The minimum Gasteiger partial charge on any atom is -0.364 e. The first-order valence-electron chi connectivity index (χ1n) is 2.77. The van der Waals surface area contributed by atoms with Crippen molar-refractivity contribution in [3.8, 4) is 11.3 Å². The van der Waals surface area contributed by atoms with Crippen molar-refractivity contribution in [2.24, 2.45) is 0 Å². The lowest BCUT2D eigenvalue weighted by atomic mass is 10.3. The Labute approximate surface area is 61.5 Å². The van der Waals surface area contributed by atoms with E-state index >= 15 is 0 Å². The zero-order valence-corrected chi connectivity index (χ0v) is 5.84. The van der Waals surface area contributed by atoms with E-state index in [1.807, 2.05) is 11.4 Å². The van der Waals surface area contributed by atoms with E-state index in [0.717, 1.165) is 11.3 Å². The third kappa shape index (κ3) is 0.823. The third-order valence-corrected chi connectivity index (χ3v) is 1.73. The Bertz CT molecular complexity index is 255. The summed E-state index contributed by atoms with van der Waals surface area (Å²) in [5, 5.41) is 5.49. The van der Waals surface area contributed by atoms with Crippen molar-refractivity contribution in [3.05, 3.63) is 23.9 Å². The Morgan fingerprint density at radius 2 is 2.50 bits per heavy atom. The second kappa shape index (κ2) is 2.22. The van der Waals surface area contributed by atoms with Crippen LogP contribution >= 0.6 is 11.5 Å². The normalized spacial score (nSPS) is 10.0. The first-order chi connectivity index (χ1) is 4.97. The Balaban J connectivity index is 2.48. The van der Waals surface area contributed by atoms with Crippen LogP contribution in [0.3, 0.4) is 0 Å². The van der Waals surface area contributed by atoms with Gasteiger partial charge in [0.1, 0.15) is 6.26 Å². The van der Waals surface area contributed by atoms with Crippen LogP contribution in [0.4, 0.5) is 0 Å². The van der Waals surface area contributed by atoms with Crippen molar-refractivity contribution in [1.82, 2.24) is 9.53 Å². The van der Waals surface area contributed by atoms with Crippen molar-refractivity contribution in [2.75, 3.05) is 0 Å². The van der Waals surface area contributed by atoms with Crippen LogP contribution in [0.15, 0.2) is 28.4 Å². The maximum absolute atomic E-state index is 4.65. The van der Waals surface area contributed by atoms with E-state index in [9.17, 15) is 0 Å². The molecule has 0 unspecified atom stereocenters. The lowest BCUT2D eigenvalue weighted by Crippen LogP contribution is -1.67. The molecule has 0 aliphatic carbocycles. The molecule has 2 aromatic rings. The van der Waals surface area contributed by atoms with Crippen molar-refractivity contribution < 1.29 is 4.52 Å². The molecule has 0 N–H and O–H groups in total. The molecule has 0 atom stereocenters. The summed E-state index contributed by atoms with van der Waals surface area (Å²) < 4.78 is 8.75. The minimum atomic E-state index is 0.922.